The van der Waals surface area contributed by atoms with Crippen LogP contribution in [0.25, 0.3) is 116 Å². The van der Waals surface area contributed by atoms with Crippen LogP contribution in [0.5, 0.6) is 0 Å². The Balaban J connectivity index is 0.00000146. The lowest BCUT2D eigenvalue weighted by molar-refractivity contribution is 0.590. The molecule has 6 nitrogen and oxygen atoms in total. The van der Waals surface area contributed by atoms with Gasteiger partial charge in [0.05, 0.1) is 22.6 Å². The Morgan fingerprint density at radius 3 is 1.51 bits per heavy atom. The summed E-state index contributed by atoms with van der Waals surface area (Å²) in [5.74, 6) is 0.768. The minimum Gasteiger partial charge on any atom is -0.456 e. The normalized spacial score (nSPS) is 12.0. The maximum atomic E-state index is 7.62. The second-order valence-electron chi connectivity index (χ2n) is 22.3. The van der Waals surface area contributed by atoms with Gasteiger partial charge in [-0.2, -0.15) is 5.26 Å². The smallest absolute Gasteiger partial charge is 0.137 e. The number of para-hydroxylation sites is 3. The van der Waals surface area contributed by atoms with Crippen molar-refractivity contribution in [1.82, 2.24) is 4.40 Å². The Morgan fingerprint density at radius 1 is 0.476 bits per heavy atom. The van der Waals surface area contributed by atoms with Crippen LogP contribution in [-0.2, 0) is 5.41 Å². The zero-order chi connectivity index (χ0) is 55.8. The fourth-order valence-electron chi connectivity index (χ4n) is 12.3. The topological polar surface area (TPSA) is 61.0 Å². The van der Waals surface area contributed by atoms with Crippen molar-refractivity contribution in [3.05, 3.63) is 248 Å². The average Bonchev–Trinajstić information content (AvgIpc) is 4.43. The van der Waals surface area contributed by atoms with E-state index < -0.39 is 0 Å². The molecule has 0 aliphatic carbocycles. The summed E-state index contributed by atoms with van der Waals surface area (Å²) in [5.41, 5.74) is 17.3. The molecule has 6 heteroatoms. The summed E-state index contributed by atoms with van der Waals surface area (Å²) in [6.45, 7) is 14.7. The molecule has 82 heavy (non-hydrogen) atoms. The molecule has 4 heterocycles. The highest BCUT2D eigenvalue weighted by molar-refractivity contribution is 6.27. The lowest BCUT2D eigenvalue weighted by Crippen LogP contribution is -2.10. The highest BCUT2D eigenvalue weighted by Crippen LogP contribution is 2.47. The highest BCUT2D eigenvalue weighted by Gasteiger charge is 2.24. The van der Waals surface area contributed by atoms with Gasteiger partial charge in [-0.3, -0.25) is 0 Å². The predicted molar refractivity (Wildman–Crippen MR) is 347 cm³/mol. The number of rotatable bonds is 9. The van der Waals surface area contributed by atoms with Crippen molar-refractivity contribution >= 4 is 139 Å². The van der Waals surface area contributed by atoms with Crippen LogP contribution in [0.4, 0.5) is 34.1 Å². The first-order chi connectivity index (χ1) is 40.1. The van der Waals surface area contributed by atoms with Crippen molar-refractivity contribution in [2.75, 3.05) is 9.80 Å². The Hall–Kier alpha value is -10.4. The molecular weight excluding hydrogens is 1000 g/mol. The van der Waals surface area contributed by atoms with E-state index in [2.05, 4.69) is 254 Å². The third-order valence-electron chi connectivity index (χ3n) is 16.2. The zero-order valence-electron chi connectivity index (χ0n) is 46.5. The predicted octanol–water partition coefficient (Wildman–Crippen LogP) is 22.3. The van der Waals surface area contributed by atoms with Gasteiger partial charge in [-0.15, -0.1) is 0 Å². The molecular formula is C76H58N4O2. The van der Waals surface area contributed by atoms with Crippen molar-refractivity contribution in [3.8, 4) is 17.2 Å². The van der Waals surface area contributed by atoms with E-state index in [0.717, 1.165) is 89.1 Å². The monoisotopic (exact) mass is 1060 g/mol. The lowest BCUT2D eigenvalue weighted by Gasteiger charge is -2.26. The largest absolute Gasteiger partial charge is 0.456 e. The molecule has 0 amide bonds. The Morgan fingerprint density at radius 2 is 0.976 bits per heavy atom. The molecule has 15 aromatic rings. The first-order valence-electron chi connectivity index (χ1n) is 28.1. The van der Waals surface area contributed by atoms with E-state index in [0.29, 0.717) is 6.42 Å². The minimum absolute atomic E-state index is 0.0573. The third-order valence-corrected chi connectivity index (χ3v) is 16.2. The molecule has 0 bridgehead atoms. The van der Waals surface area contributed by atoms with Gasteiger partial charge in [0, 0.05) is 95.9 Å². The molecule has 4 aromatic heterocycles. The Labute approximate surface area is 476 Å². The van der Waals surface area contributed by atoms with Gasteiger partial charge in [0.15, 0.2) is 0 Å². The maximum absolute atomic E-state index is 7.62. The van der Waals surface area contributed by atoms with Gasteiger partial charge in [-0.25, -0.2) is 0 Å². The lowest BCUT2D eigenvalue weighted by atomic mass is 9.86. The molecule has 0 saturated heterocycles. The number of allylic oxidation sites excluding steroid dienone is 1. The first-order valence-corrected chi connectivity index (χ1v) is 28.1. The number of furan rings is 2. The Bertz CT molecular complexity index is 5050. The van der Waals surface area contributed by atoms with Gasteiger partial charge in [0.25, 0.3) is 0 Å². The molecule has 0 saturated carbocycles. The number of aromatic nitrogens is 1. The minimum atomic E-state index is 0.0573. The van der Waals surface area contributed by atoms with Crippen molar-refractivity contribution in [2.24, 2.45) is 0 Å². The number of hydrogen-bond acceptors (Lipinski definition) is 5. The van der Waals surface area contributed by atoms with Crippen LogP contribution >= 0.6 is 0 Å². The average molecular weight is 1060 g/mol. The van der Waals surface area contributed by atoms with Crippen LogP contribution in [0.3, 0.4) is 0 Å². The molecule has 0 aliphatic rings. The van der Waals surface area contributed by atoms with Gasteiger partial charge in [0.1, 0.15) is 22.5 Å². The fraction of sp³-hybridized carbons (Fsp3) is 0.0921. The van der Waals surface area contributed by atoms with Crippen LogP contribution in [0.15, 0.2) is 240 Å². The quantitative estimate of drug-likeness (QED) is 0.144. The summed E-state index contributed by atoms with van der Waals surface area (Å²) < 4.78 is 15.4. The molecule has 0 N–H and O–H groups in total. The van der Waals surface area contributed by atoms with Gasteiger partial charge < -0.3 is 23.0 Å². The second-order valence-corrected chi connectivity index (χ2v) is 22.3. The van der Waals surface area contributed by atoms with E-state index in [9.17, 15) is 0 Å². The second kappa shape index (κ2) is 19.8. The molecule has 11 aromatic carbocycles. The van der Waals surface area contributed by atoms with E-state index in [1.165, 1.54) is 65.6 Å². The summed E-state index contributed by atoms with van der Waals surface area (Å²) in [7, 11) is 0. The molecule has 0 fully saturated rings. The van der Waals surface area contributed by atoms with Gasteiger partial charge in [-0.05, 0) is 172 Å². The SMILES string of the molecule is C=Cc1oc2cc(N(c3ccccc3)c3ccc4cc5c6cc(-c7ccc(C(C)(C)C)cc7)cc7c8cc9ccc(N(c%10ccccc%10)c%10ccc%11c(c%10)oc%10ccccc%10%11)cc9cc8n(c5cc4c3)c67)ccc2c1/C=C\C.CCC#N. The third kappa shape index (κ3) is 8.32. The molecule has 15 rings (SSSR count). The van der Waals surface area contributed by atoms with Crippen LogP contribution in [0, 0.1) is 11.3 Å². The summed E-state index contributed by atoms with van der Waals surface area (Å²) >= 11 is 0. The van der Waals surface area contributed by atoms with Crippen LogP contribution in [0.1, 0.15) is 57.9 Å². The van der Waals surface area contributed by atoms with E-state index in [1.54, 1.807) is 6.08 Å². The van der Waals surface area contributed by atoms with Crippen molar-refractivity contribution in [3.63, 3.8) is 0 Å². The van der Waals surface area contributed by atoms with E-state index >= 15 is 0 Å². The number of hydrogen-bond donors (Lipinski definition) is 0. The van der Waals surface area contributed by atoms with Crippen molar-refractivity contribution in [1.29, 1.82) is 5.26 Å². The van der Waals surface area contributed by atoms with Crippen LogP contribution in [0.2, 0.25) is 0 Å². The Kier molecular flexibility index (Phi) is 12.0. The van der Waals surface area contributed by atoms with Crippen LogP contribution < -0.4 is 9.80 Å². The number of nitrogens with zero attached hydrogens (tertiary/aromatic N) is 4. The van der Waals surface area contributed by atoms with Crippen molar-refractivity contribution < 1.29 is 8.83 Å². The summed E-state index contributed by atoms with van der Waals surface area (Å²) in [6, 6.07) is 82.0. The molecule has 394 valence electrons. The van der Waals surface area contributed by atoms with E-state index in [-0.39, 0.29) is 5.41 Å². The number of benzene rings is 11. The molecule has 0 spiro atoms. The van der Waals surface area contributed by atoms with Gasteiger partial charge >= 0.3 is 0 Å². The summed E-state index contributed by atoms with van der Waals surface area (Å²) in [4.78, 5) is 4.66. The van der Waals surface area contributed by atoms with Crippen molar-refractivity contribution in [2.45, 2.75) is 46.5 Å². The number of nitriles is 1. The van der Waals surface area contributed by atoms with E-state index in [1.807, 2.05) is 38.1 Å². The molecule has 0 atom stereocenters. The molecule has 0 aliphatic heterocycles. The van der Waals surface area contributed by atoms with Gasteiger partial charge in [0.2, 0.25) is 0 Å². The molecule has 0 unspecified atom stereocenters. The van der Waals surface area contributed by atoms with E-state index in [4.69, 9.17) is 14.1 Å². The number of fused-ring (bicyclic) bond motifs is 12. The first kappa shape index (κ1) is 49.9. The maximum Gasteiger partial charge on any atom is 0.137 e. The zero-order valence-corrected chi connectivity index (χ0v) is 46.5. The fourth-order valence-corrected chi connectivity index (χ4v) is 12.3. The highest BCUT2D eigenvalue weighted by atomic mass is 16.3. The summed E-state index contributed by atoms with van der Waals surface area (Å²) in [5, 5.41) is 20.5. The summed E-state index contributed by atoms with van der Waals surface area (Å²) in [6.07, 6.45) is 6.55. The molecule has 0 radical (unpaired) electrons. The van der Waals surface area contributed by atoms with Crippen LogP contribution in [-0.4, -0.2) is 4.40 Å². The number of anilines is 6. The van der Waals surface area contributed by atoms with Gasteiger partial charge in [-0.1, -0.05) is 137 Å². The standard InChI is InChI=1S/C73H53N3O2.C3H5N/c1-6-16-58-60-33-31-56(43-70(60)77-68(58)7-2)74(52-17-10-8-11-18-52)54-29-25-46-37-62-64-39-50(45-23-27-51(28-24-45)73(3,4)5)40-65-63-38-47-26-30-55(36-49(47)42-67(63)76(72(64)65)66(62)41-48(46)35-54)75(53-19-12-9-13-20-53)57-32-34-61-59-21-14-15-22-69(59)78-71(61)44-57;1-2-3-4/h6-44H,2H2,1,3-5H3;2H2,1H3/b16-6-;.